The van der Waals surface area contributed by atoms with Gasteiger partial charge in [0.1, 0.15) is 0 Å². The first kappa shape index (κ1) is 16.7. The molecule has 0 saturated heterocycles. The van der Waals surface area contributed by atoms with Crippen LogP contribution in [0.1, 0.15) is 19.4 Å². The monoisotopic (exact) mass is 336 g/mol. The van der Waals surface area contributed by atoms with Crippen LogP contribution in [-0.2, 0) is 0 Å². The largest absolute Gasteiger partial charge is 0.336 e. The first-order valence-electron chi connectivity index (χ1n) is 8.10. The Morgan fingerprint density at radius 3 is 2.28 bits per heavy atom. The van der Waals surface area contributed by atoms with Crippen molar-refractivity contribution >= 4 is 11.7 Å². The van der Waals surface area contributed by atoms with E-state index in [1.54, 1.807) is 12.1 Å². The maximum absolute atomic E-state index is 11.7. The minimum atomic E-state index is -0.232. The van der Waals surface area contributed by atoms with Gasteiger partial charge in [-0.3, -0.25) is 0 Å². The third-order valence-electron chi connectivity index (χ3n) is 3.55. The number of carbonyl (C=O) groups excluding carboxylic acids is 1. The molecule has 6 heteroatoms. The zero-order valence-corrected chi connectivity index (χ0v) is 14.4. The average molecular weight is 336 g/mol. The number of rotatable bonds is 4. The molecule has 0 atom stereocenters. The Hall–Kier alpha value is -3.15. The number of nitrogens with zero attached hydrogens (tertiary/aromatic N) is 2. The van der Waals surface area contributed by atoms with Crippen molar-refractivity contribution in [2.75, 3.05) is 5.32 Å². The van der Waals surface area contributed by atoms with E-state index in [1.165, 1.54) is 5.56 Å². The smallest absolute Gasteiger partial charge is 0.319 e. The Morgan fingerprint density at radius 1 is 1.00 bits per heavy atom. The Bertz CT molecular complexity index is 852. The SMILES string of the molecule is Cc1ccc(-c2nc(-c3ccc(NC(=O)NC(C)C)cc3)no2)cc1. The predicted octanol–water partition coefficient (Wildman–Crippen LogP) is 4.24. The van der Waals surface area contributed by atoms with Crippen molar-refractivity contribution in [3.05, 3.63) is 54.1 Å². The molecule has 6 nitrogen and oxygen atoms in total. The molecule has 2 N–H and O–H groups in total. The van der Waals surface area contributed by atoms with Crippen LogP contribution in [0, 0.1) is 6.92 Å². The van der Waals surface area contributed by atoms with Crippen molar-refractivity contribution in [2.24, 2.45) is 0 Å². The molecule has 1 aromatic heterocycles. The highest BCUT2D eigenvalue weighted by Crippen LogP contribution is 2.23. The van der Waals surface area contributed by atoms with Crippen LogP contribution in [0.2, 0.25) is 0 Å². The molecule has 2 amide bonds. The molecule has 2 aromatic carbocycles. The molecular formula is C19H20N4O2. The number of hydrogen-bond acceptors (Lipinski definition) is 4. The van der Waals surface area contributed by atoms with Crippen LogP contribution in [0.15, 0.2) is 53.1 Å². The molecule has 25 heavy (non-hydrogen) atoms. The van der Waals surface area contributed by atoms with Gasteiger partial charge in [-0.25, -0.2) is 4.79 Å². The first-order chi connectivity index (χ1) is 12.0. The zero-order valence-electron chi connectivity index (χ0n) is 14.4. The fourth-order valence-corrected chi connectivity index (χ4v) is 2.29. The van der Waals surface area contributed by atoms with Crippen molar-refractivity contribution in [1.29, 1.82) is 0 Å². The van der Waals surface area contributed by atoms with E-state index in [0.717, 1.165) is 11.1 Å². The molecule has 1 heterocycles. The summed E-state index contributed by atoms with van der Waals surface area (Å²) in [6.07, 6.45) is 0. The van der Waals surface area contributed by atoms with Crippen LogP contribution in [0.3, 0.4) is 0 Å². The Labute approximate surface area is 146 Å². The van der Waals surface area contributed by atoms with Gasteiger partial charge in [-0.15, -0.1) is 0 Å². The van der Waals surface area contributed by atoms with Crippen molar-refractivity contribution < 1.29 is 9.32 Å². The highest BCUT2D eigenvalue weighted by atomic mass is 16.5. The highest BCUT2D eigenvalue weighted by Gasteiger charge is 2.11. The maximum Gasteiger partial charge on any atom is 0.319 e. The van der Waals surface area contributed by atoms with Crippen molar-refractivity contribution in [3.8, 4) is 22.8 Å². The summed E-state index contributed by atoms with van der Waals surface area (Å²) >= 11 is 0. The Kier molecular flexibility index (Phi) is 4.79. The van der Waals surface area contributed by atoms with E-state index in [4.69, 9.17) is 4.52 Å². The molecule has 0 aliphatic rings. The number of urea groups is 1. The highest BCUT2D eigenvalue weighted by molar-refractivity contribution is 5.89. The van der Waals surface area contributed by atoms with Crippen molar-refractivity contribution in [1.82, 2.24) is 15.5 Å². The second-order valence-corrected chi connectivity index (χ2v) is 6.12. The summed E-state index contributed by atoms with van der Waals surface area (Å²) in [5.74, 6) is 0.988. The number of amides is 2. The summed E-state index contributed by atoms with van der Waals surface area (Å²) in [4.78, 5) is 16.1. The Balaban J connectivity index is 1.72. The molecule has 3 rings (SSSR count). The van der Waals surface area contributed by atoms with E-state index < -0.39 is 0 Å². The number of nitrogens with one attached hydrogen (secondary N) is 2. The predicted molar refractivity (Wildman–Crippen MR) is 97.2 cm³/mol. The topological polar surface area (TPSA) is 80.0 Å². The summed E-state index contributed by atoms with van der Waals surface area (Å²) in [6, 6.07) is 15.0. The van der Waals surface area contributed by atoms with Gasteiger partial charge in [-0.2, -0.15) is 4.98 Å². The second-order valence-electron chi connectivity index (χ2n) is 6.12. The lowest BCUT2D eigenvalue weighted by Crippen LogP contribution is -2.34. The van der Waals surface area contributed by atoms with Crippen LogP contribution >= 0.6 is 0 Å². The number of carbonyl (C=O) groups is 1. The fourth-order valence-electron chi connectivity index (χ4n) is 2.29. The number of hydrogen-bond donors (Lipinski definition) is 2. The minimum Gasteiger partial charge on any atom is -0.336 e. The minimum absolute atomic E-state index is 0.0822. The van der Waals surface area contributed by atoms with Crippen LogP contribution in [-0.4, -0.2) is 22.2 Å². The van der Waals surface area contributed by atoms with Gasteiger partial charge in [0, 0.05) is 22.9 Å². The molecule has 0 radical (unpaired) electrons. The molecule has 0 bridgehead atoms. The third kappa shape index (κ3) is 4.23. The number of anilines is 1. The molecule has 128 valence electrons. The molecule has 3 aromatic rings. The van der Waals surface area contributed by atoms with Crippen LogP contribution in [0.25, 0.3) is 22.8 Å². The second kappa shape index (κ2) is 7.17. The zero-order chi connectivity index (χ0) is 17.8. The van der Waals surface area contributed by atoms with E-state index in [2.05, 4.69) is 20.8 Å². The van der Waals surface area contributed by atoms with Gasteiger partial charge in [0.05, 0.1) is 0 Å². The van der Waals surface area contributed by atoms with E-state index in [0.29, 0.717) is 17.4 Å². The quantitative estimate of drug-likeness (QED) is 0.747. The van der Waals surface area contributed by atoms with Gasteiger partial charge in [0.2, 0.25) is 5.82 Å². The summed E-state index contributed by atoms with van der Waals surface area (Å²) in [5, 5.41) is 9.58. The van der Waals surface area contributed by atoms with Crippen LogP contribution in [0.5, 0.6) is 0 Å². The summed E-state index contributed by atoms with van der Waals surface area (Å²) in [6.45, 7) is 5.84. The summed E-state index contributed by atoms with van der Waals surface area (Å²) in [5.41, 5.74) is 3.57. The van der Waals surface area contributed by atoms with Gasteiger partial charge in [0.25, 0.3) is 5.89 Å². The number of benzene rings is 2. The van der Waals surface area contributed by atoms with Gasteiger partial charge >= 0.3 is 6.03 Å². The molecule has 0 aliphatic heterocycles. The number of aromatic nitrogens is 2. The van der Waals surface area contributed by atoms with E-state index in [-0.39, 0.29) is 12.1 Å². The molecule has 0 unspecified atom stereocenters. The van der Waals surface area contributed by atoms with Gasteiger partial charge in [-0.05, 0) is 57.2 Å². The first-order valence-corrected chi connectivity index (χ1v) is 8.10. The average Bonchev–Trinajstić information content (AvgIpc) is 3.05. The van der Waals surface area contributed by atoms with Crippen molar-refractivity contribution in [2.45, 2.75) is 26.8 Å². The van der Waals surface area contributed by atoms with E-state index >= 15 is 0 Å². The molecule has 0 aliphatic carbocycles. The lowest BCUT2D eigenvalue weighted by Gasteiger charge is -2.10. The number of aryl methyl sites for hydroxylation is 1. The van der Waals surface area contributed by atoms with Gasteiger partial charge in [-0.1, -0.05) is 22.9 Å². The van der Waals surface area contributed by atoms with Gasteiger partial charge < -0.3 is 15.2 Å². The lowest BCUT2D eigenvalue weighted by molar-refractivity contribution is 0.250. The van der Waals surface area contributed by atoms with Crippen LogP contribution < -0.4 is 10.6 Å². The summed E-state index contributed by atoms with van der Waals surface area (Å²) < 4.78 is 5.34. The fraction of sp³-hybridized carbons (Fsp3) is 0.211. The Morgan fingerprint density at radius 2 is 1.64 bits per heavy atom. The third-order valence-corrected chi connectivity index (χ3v) is 3.55. The van der Waals surface area contributed by atoms with Gasteiger partial charge in [0.15, 0.2) is 0 Å². The maximum atomic E-state index is 11.7. The molecule has 0 saturated carbocycles. The molecule has 0 fully saturated rings. The van der Waals surface area contributed by atoms with Crippen LogP contribution in [0.4, 0.5) is 10.5 Å². The van der Waals surface area contributed by atoms with E-state index in [1.807, 2.05) is 57.2 Å². The standard InChI is InChI=1S/C19H20N4O2/c1-12(2)20-19(24)21-16-10-8-14(9-11-16)17-22-18(25-23-17)15-6-4-13(3)5-7-15/h4-12H,1-3H3,(H2,20,21,24). The molecule has 0 spiro atoms. The molecular weight excluding hydrogens is 316 g/mol. The summed E-state index contributed by atoms with van der Waals surface area (Å²) in [7, 11) is 0. The normalized spacial score (nSPS) is 10.7. The van der Waals surface area contributed by atoms with Crippen molar-refractivity contribution in [3.63, 3.8) is 0 Å². The lowest BCUT2D eigenvalue weighted by atomic mass is 10.1. The van der Waals surface area contributed by atoms with E-state index in [9.17, 15) is 4.79 Å².